The second-order valence-corrected chi connectivity index (χ2v) is 13.2. The smallest absolute Gasteiger partial charge is 0.227 e. The fourth-order valence-corrected chi connectivity index (χ4v) is 7.79. The van der Waals surface area contributed by atoms with E-state index >= 15 is 0 Å². The van der Waals surface area contributed by atoms with Crippen LogP contribution >= 0.6 is 0 Å². The first-order chi connectivity index (χ1) is 25.8. The van der Waals surface area contributed by atoms with Crippen LogP contribution in [0.1, 0.15) is 0 Å². The normalized spacial score (nSPS) is 11.8. The number of oxazole rings is 1. The van der Waals surface area contributed by atoms with Gasteiger partial charge in [-0.1, -0.05) is 84.9 Å². The number of fused-ring (bicyclic) bond motifs is 9. The van der Waals surface area contributed by atoms with Crippen molar-refractivity contribution in [1.29, 1.82) is 0 Å². The van der Waals surface area contributed by atoms with Crippen molar-refractivity contribution < 1.29 is 8.83 Å². The maximum atomic E-state index is 6.49. The molecule has 8 aromatic carbocycles. The number of anilines is 3. The average Bonchev–Trinajstić information content (AvgIpc) is 3.91. The molecule has 0 N–H and O–H groups in total. The number of rotatable bonds is 5. The Morgan fingerprint density at radius 3 is 1.81 bits per heavy atom. The second kappa shape index (κ2) is 11.2. The van der Waals surface area contributed by atoms with E-state index in [1.807, 2.05) is 48.5 Å². The highest BCUT2D eigenvalue weighted by molar-refractivity contribution is 6.10. The SMILES string of the molecule is c1ccc(-c2nc3ccc4ccc(N(c5ccc(-n6c7ccccc7c7ccccc76)cc5)c5ccc6oc7ccccc7c6c5)cc4c3o2)cc1. The number of nitrogens with zero attached hydrogens (tertiary/aromatic N) is 3. The fraction of sp³-hybridized carbons (Fsp3) is 0. The van der Waals surface area contributed by atoms with Gasteiger partial charge in [-0.15, -0.1) is 0 Å². The fourth-order valence-electron chi connectivity index (χ4n) is 7.79. The van der Waals surface area contributed by atoms with Crippen LogP contribution in [0, 0.1) is 0 Å². The first-order valence-corrected chi connectivity index (χ1v) is 17.5. The van der Waals surface area contributed by atoms with Gasteiger partial charge in [0, 0.05) is 55.2 Å². The lowest BCUT2D eigenvalue weighted by molar-refractivity contribution is 0.623. The van der Waals surface area contributed by atoms with E-state index in [0.717, 1.165) is 72.1 Å². The van der Waals surface area contributed by atoms with Crippen molar-refractivity contribution >= 4 is 82.7 Å². The highest BCUT2D eigenvalue weighted by atomic mass is 16.3. The molecule has 0 saturated heterocycles. The standard InChI is InChI=1S/C47H29N3O2/c1-2-10-31(11-3-1)47-48-41-26-19-30-18-20-34(28-39(30)46(41)52-47)49(35-25-27-45-40(29-35)38-14-6-9-17-44(38)51-45)32-21-23-33(24-22-32)50-42-15-7-4-12-36(42)37-13-5-8-16-43(37)50/h1-29H. The molecule has 0 amide bonds. The zero-order valence-electron chi connectivity index (χ0n) is 27.9. The van der Waals surface area contributed by atoms with Gasteiger partial charge in [0.1, 0.15) is 16.7 Å². The first kappa shape index (κ1) is 28.7. The summed E-state index contributed by atoms with van der Waals surface area (Å²) in [5.74, 6) is 0.614. The van der Waals surface area contributed by atoms with Crippen molar-refractivity contribution in [3.63, 3.8) is 0 Å². The molecule has 0 atom stereocenters. The van der Waals surface area contributed by atoms with Crippen molar-refractivity contribution in [1.82, 2.24) is 9.55 Å². The van der Waals surface area contributed by atoms with Gasteiger partial charge in [0.25, 0.3) is 0 Å². The van der Waals surface area contributed by atoms with Gasteiger partial charge in [0.15, 0.2) is 5.58 Å². The average molecular weight is 668 g/mol. The molecule has 52 heavy (non-hydrogen) atoms. The summed E-state index contributed by atoms with van der Waals surface area (Å²) < 4.78 is 15.1. The summed E-state index contributed by atoms with van der Waals surface area (Å²) in [6.45, 7) is 0. The third-order valence-corrected chi connectivity index (χ3v) is 10.2. The van der Waals surface area contributed by atoms with Crippen LogP contribution in [0.5, 0.6) is 0 Å². The molecule has 0 aliphatic rings. The van der Waals surface area contributed by atoms with E-state index in [9.17, 15) is 0 Å². The molecular weight excluding hydrogens is 639 g/mol. The van der Waals surface area contributed by atoms with Gasteiger partial charge in [-0.2, -0.15) is 0 Å². The summed E-state index contributed by atoms with van der Waals surface area (Å²) in [4.78, 5) is 7.17. The molecule has 0 radical (unpaired) electrons. The van der Waals surface area contributed by atoms with E-state index in [-0.39, 0.29) is 0 Å². The molecule has 0 fully saturated rings. The van der Waals surface area contributed by atoms with Crippen LogP contribution in [0.15, 0.2) is 185 Å². The van der Waals surface area contributed by atoms with Crippen molar-refractivity contribution in [2.75, 3.05) is 4.90 Å². The number of benzene rings is 8. The van der Waals surface area contributed by atoms with E-state index < -0.39 is 0 Å². The molecule has 5 nitrogen and oxygen atoms in total. The van der Waals surface area contributed by atoms with Crippen LogP contribution in [-0.4, -0.2) is 9.55 Å². The summed E-state index contributed by atoms with van der Waals surface area (Å²) >= 11 is 0. The predicted molar refractivity (Wildman–Crippen MR) is 213 cm³/mol. The van der Waals surface area contributed by atoms with E-state index in [1.165, 1.54) is 21.8 Å². The molecule has 244 valence electrons. The minimum absolute atomic E-state index is 0.614. The summed E-state index contributed by atoms with van der Waals surface area (Å²) in [5, 5.41) is 6.75. The van der Waals surface area contributed by atoms with E-state index in [1.54, 1.807) is 0 Å². The quantitative estimate of drug-likeness (QED) is 0.183. The highest BCUT2D eigenvalue weighted by Gasteiger charge is 2.19. The van der Waals surface area contributed by atoms with Gasteiger partial charge in [0.2, 0.25) is 5.89 Å². The molecule has 3 aromatic heterocycles. The van der Waals surface area contributed by atoms with Crippen LogP contribution in [0.25, 0.3) is 82.8 Å². The number of hydrogen-bond acceptors (Lipinski definition) is 4. The molecule has 11 rings (SSSR count). The Kier molecular flexibility index (Phi) is 6.18. The lowest BCUT2D eigenvalue weighted by atomic mass is 10.1. The number of furan rings is 1. The van der Waals surface area contributed by atoms with Crippen molar-refractivity contribution in [3.05, 3.63) is 176 Å². The molecule has 0 unspecified atom stereocenters. The maximum absolute atomic E-state index is 6.49. The molecule has 11 aromatic rings. The van der Waals surface area contributed by atoms with Gasteiger partial charge in [-0.05, 0) is 96.4 Å². The third-order valence-electron chi connectivity index (χ3n) is 10.2. The van der Waals surface area contributed by atoms with Crippen LogP contribution < -0.4 is 4.90 Å². The molecule has 0 bridgehead atoms. The van der Waals surface area contributed by atoms with Crippen molar-refractivity contribution in [2.45, 2.75) is 0 Å². The molecule has 0 aliphatic carbocycles. The Hall–Kier alpha value is -7.11. The monoisotopic (exact) mass is 667 g/mol. The molecule has 0 aliphatic heterocycles. The molecule has 0 spiro atoms. The van der Waals surface area contributed by atoms with E-state index in [2.05, 4.69) is 137 Å². The van der Waals surface area contributed by atoms with Crippen LogP contribution in [-0.2, 0) is 0 Å². The Morgan fingerprint density at radius 2 is 1.04 bits per heavy atom. The van der Waals surface area contributed by atoms with Crippen LogP contribution in [0.3, 0.4) is 0 Å². The largest absolute Gasteiger partial charge is 0.456 e. The summed E-state index contributed by atoms with van der Waals surface area (Å²) in [6, 6.07) is 61.5. The van der Waals surface area contributed by atoms with Crippen LogP contribution in [0.2, 0.25) is 0 Å². The predicted octanol–water partition coefficient (Wildman–Crippen LogP) is 13.1. The molecular formula is C47H29N3O2. The summed E-state index contributed by atoms with van der Waals surface area (Å²) in [6.07, 6.45) is 0. The number of para-hydroxylation sites is 3. The minimum Gasteiger partial charge on any atom is -0.456 e. The summed E-state index contributed by atoms with van der Waals surface area (Å²) in [7, 11) is 0. The Bertz CT molecular complexity index is 3080. The highest BCUT2D eigenvalue weighted by Crippen LogP contribution is 2.42. The van der Waals surface area contributed by atoms with E-state index in [0.29, 0.717) is 5.89 Å². The van der Waals surface area contributed by atoms with Crippen molar-refractivity contribution in [2.24, 2.45) is 0 Å². The minimum atomic E-state index is 0.614. The Labute approximate surface area is 298 Å². The van der Waals surface area contributed by atoms with Gasteiger partial charge >= 0.3 is 0 Å². The van der Waals surface area contributed by atoms with E-state index in [4.69, 9.17) is 13.8 Å². The zero-order valence-corrected chi connectivity index (χ0v) is 27.9. The zero-order chi connectivity index (χ0) is 34.2. The van der Waals surface area contributed by atoms with Crippen molar-refractivity contribution in [3.8, 4) is 17.1 Å². The van der Waals surface area contributed by atoms with Crippen LogP contribution in [0.4, 0.5) is 17.1 Å². The summed E-state index contributed by atoms with van der Waals surface area (Å²) in [5.41, 5.74) is 10.8. The Balaban J connectivity index is 1.11. The third kappa shape index (κ3) is 4.39. The van der Waals surface area contributed by atoms with Gasteiger partial charge < -0.3 is 18.3 Å². The maximum Gasteiger partial charge on any atom is 0.227 e. The lowest BCUT2D eigenvalue weighted by Crippen LogP contribution is -2.10. The first-order valence-electron chi connectivity index (χ1n) is 17.5. The van der Waals surface area contributed by atoms with Gasteiger partial charge in [-0.3, -0.25) is 0 Å². The lowest BCUT2D eigenvalue weighted by Gasteiger charge is -2.26. The topological polar surface area (TPSA) is 47.3 Å². The molecule has 3 heterocycles. The molecule has 5 heteroatoms. The van der Waals surface area contributed by atoms with Gasteiger partial charge in [-0.25, -0.2) is 4.98 Å². The number of aromatic nitrogens is 2. The molecule has 0 saturated carbocycles. The Morgan fingerprint density at radius 1 is 0.442 bits per heavy atom. The number of hydrogen-bond donors (Lipinski definition) is 0. The second-order valence-electron chi connectivity index (χ2n) is 13.2. The van der Waals surface area contributed by atoms with Gasteiger partial charge in [0.05, 0.1) is 11.0 Å².